The molecule has 0 aliphatic carbocycles. The minimum Gasteiger partial charge on any atom is -0.495 e. The SMILES string of the molecule is COc1ccc([N+](=O)[O-])cc1S(=O)(=O)NCC(c1cccc(Cl)c1)N1CCOCC1. The van der Waals surface area contributed by atoms with Crippen molar-refractivity contribution < 1.29 is 22.8 Å². The molecule has 1 saturated heterocycles. The molecule has 2 aromatic carbocycles. The van der Waals surface area contributed by atoms with Gasteiger partial charge >= 0.3 is 0 Å². The molecule has 1 fully saturated rings. The second-order valence-corrected chi connectivity index (χ2v) is 8.84. The van der Waals surface area contributed by atoms with Gasteiger partial charge in [-0.3, -0.25) is 15.0 Å². The highest BCUT2D eigenvalue weighted by molar-refractivity contribution is 7.89. The predicted octanol–water partition coefficient (Wildman–Crippen LogP) is 2.61. The Bertz CT molecular complexity index is 1010. The maximum Gasteiger partial charge on any atom is 0.271 e. The highest BCUT2D eigenvalue weighted by atomic mass is 35.5. The molecular weight excluding hydrogens is 434 g/mol. The summed E-state index contributed by atoms with van der Waals surface area (Å²) in [6.45, 7) is 2.41. The number of benzene rings is 2. The van der Waals surface area contributed by atoms with E-state index in [1.54, 1.807) is 12.1 Å². The lowest BCUT2D eigenvalue weighted by Crippen LogP contribution is -2.43. The molecule has 0 aromatic heterocycles. The molecule has 1 atom stereocenters. The van der Waals surface area contributed by atoms with Crippen LogP contribution in [0.3, 0.4) is 0 Å². The molecule has 9 nitrogen and oxygen atoms in total. The Kier molecular flexibility index (Phi) is 7.27. The fourth-order valence-corrected chi connectivity index (χ4v) is 4.74. The van der Waals surface area contributed by atoms with Crippen molar-refractivity contribution in [3.63, 3.8) is 0 Å². The van der Waals surface area contributed by atoms with Gasteiger partial charge in [-0.1, -0.05) is 23.7 Å². The molecule has 1 aliphatic rings. The van der Waals surface area contributed by atoms with Crippen molar-refractivity contribution in [2.45, 2.75) is 10.9 Å². The van der Waals surface area contributed by atoms with Gasteiger partial charge in [0, 0.05) is 42.8 Å². The van der Waals surface area contributed by atoms with E-state index in [2.05, 4.69) is 9.62 Å². The first kappa shape index (κ1) is 22.4. The molecule has 0 spiro atoms. The van der Waals surface area contributed by atoms with Crippen LogP contribution in [0.2, 0.25) is 5.02 Å². The number of non-ortho nitro benzene ring substituents is 1. The van der Waals surface area contributed by atoms with E-state index < -0.39 is 14.9 Å². The molecule has 1 aliphatic heterocycles. The van der Waals surface area contributed by atoms with Crippen molar-refractivity contribution in [3.8, 4) is 5.75 Å². The topological polar surface area (TPSA) is 111 Å². The molecule has 0 bridgehead atoms. The van der Waals surface area contributed by atoms with Gasteiger partial charge in [-0.05, 0) is 23.8 Å². The number of hydrogen-bond donors (Lipinski definition) is 1. The van der Waals surface area contributed by atoms with Crippen LogP contribution in [0.5, 0.6) is 5.75 Å². The summed E-state index contributed by atoms with van der Waals surface area (Å²) in [4.78, 5) is 12.3. The third-order valence-electron chi connectivity index (χ3n) is 4.83. The average Bonchev–Trinajstić information content (AvgIpc) is 2.74. The zero-order chi connectivity index (χ0) is 21.7. The van der Waals surface area contributed by atoms with Gasteiger partial charge in [0.1, 0.15) is 10.6 Å². The lowest BCUT2D eigenvalue weighted by atomic mass is 10.1. The van der Waals surface area contributed by atoms with E-state index in [0.29, 0.717) is 31.3 Å². The molecule has 30 heavy (non-hydrogen) atoms. The first-order chi connectivity index (χ1) is 14.3. The van der Waals surface area contributed by atoms with Crippen LogP contribution in [0.1, 0.15) is 11.6 Å². The van der Waals surface area contributed by atoms with Crippen LogP contribution in [0, 0.1) is 10.1 Å². The van der Waals surface area contributed by atoms with Gasteiger partial charge in [-0.15, -0.1) is 0 Å². The fourth-order valence-electron chi connectivity index (χ4n) is 3.32. The first-order valence-corrected chi connectivity index (χ1v) is 11.1. The number of ether oxygens (including phenoxy) is 2. The lowest BCUT2D eigenvalue weighted by Gasteiger charge is -2.35. The number of nitrogens with one attached hydrogen (secondary N) is 1. The normalized spacial score (nSPS) is 16.2. The Hall–Kier alpha value is -2.24. The van der Waals surface area contributed by atoms with Gasteiger partial charge in [-0.25, -0.2) is 13.1 Å². The van der Waals surface area contributed by atoms with E-state index in [1.807, 2.05) is 12.1 Å². The average molecular weight is 456 g/mol. The smallest absolute Gasteiger partial charge is 0.271 e. The molecule has 0 amide bonds. The van der Waals surface area contributed by atoms with E-state index in [-0.39, 0.29) is 28.9 Å². The van der Waals surface area contributed by atoms with Crippen LogP contribution in [0.25, 0.3) is 0 Å². The van der Waals surface area contributed by atoms with Crippen molar-refractivity contribution in [1.82, 2.24) is 9.62 Å². The van der Waals surface area contributed by atoms with Gasteiger partial charge in [0.25, 0.3) is 5.69 Å². The zero-order valence-corrected chi connectivity index (χ0v) is 17.9. The second kappa shape index (κ2) is 9.71. The third-order valence-corrected chi connectivity index (χ3v) is 6.51. The summed E-state index contributed by atoms with van der Waals surface area (Å²) >= 11 is 6.14. The monoisotopic (exact) mass is 455 g/mol. The summed E-state index contributed by atoms with van der Waals surface area (Å²) in [6, 6.07) is 10.4. The summed E-state index contributed by atoms with van der Waals surface area (Å²) < 4.78 is 39.1. The second-order valence-electron chi connectivity index (χ2n) is 6.66. The molecule has 3 rings (SSSR count). The third kappa shape index (κ3) is 5.27. The highest BCUT2D eigenvalue weighted by Crippen LogP contribution is 2.29. The zero-order valence-electron chi connectivity index (χ0n) is 16.3. The summed E-state index contributed by atoms with van der Waals surface area (Å²) in [5.41, 5.74) is 0.522. The largest absolute Gasteiger partial charge is 0.495 e. The number of nitro benzene ring substituents is 1. The van der Waals surface area contributed by atoms with Crippen LogP contribution >= 0.6 is 11.6 Å². The summed E-state index contributed by atoms with van der Waals surface area (Å²) in [7, 11) is -2.77. The quantitative estimate of drug-likeness (QED) is 0.481. The number of hydrogen-bond acceptors (Lipinski definition) is 7. The molecule has 11 heteroatoms. The van der Waals surface area contributed by atoms with Crippen molar-refractivity contribution in [2.24, 2.45) is 0 Å². The summed E-state index contributed by atoms with van der Waals surface area (Å²) in [6.07, 6.45) is 0. The number of morpholine rings is 1. The fraction of sp³-hybridized carbons (Fsp3) is 0.368. The maximum absolute atomic E-state index is 13.0. The van der Waals surface area contributed by atoms with Gasteiger partial charge in [0.15, 0.2) is 0 Å². The Morgan fingerprint density at radius 2 is 2.00 bits per heavy atom. The standard InChI is InChI=1S/C19H22ClN3O6S/c1-28-18-6-5-16(23(24)25)12-19(18)30(26,27)21-13-17(22-7-9-29-10-8-22)14-3-2-4-15(20)11-14/h2-6,11-12,17,21H,7-10,13H2,1H3. The van der Waals surface area contributed by atoms with E-state index in [1.165, 1.54) is 19.2 Å². The maximum atomic E-state index is 13.0. The van der Waals surface area contributed by atoms with Crippen molar-refractivity contribution in [2.75, 3.05) is 40.0 Å². The van der Waals surface area contributed by atoms with Crippen LogP contribution in [-0.2, 0) is 14.8 Å². The Balaban J connectivity index is 1.89. The molecule has 1 unspecified atom stereocenters. The van der Waals surface area contributed by atoms with Gasteiger partial charge < -0.3 is 9.47 Å². The van der Waals surface area contributed by atoms with Gasteiger partial charge in [-0.2, -0.15) is 0 Å². The van der Waals surface area contributed by atoms with Crippen LogP contribution in [0.15, 0.2) is 47.4 Å². The summed E-state index contributed by atoms with van der Waals surface area (Å²) in [5, 5.41) is 11.6. The molecule has 0 saturated carbocycles. The molecular formula is C19H22ClN3O6S. The van der Waals surface area contributed by atoms with E-state index in [9.17, 15) is 18.5 Å². The molecule has 0 radical (unpaired) electrons. The van der Waals surface area contributed by atoms with Gasteiger partial charge in [0.05, 0.1) is 25.2 Å². The van der Waals surface area contributed by atoms with Crippen molar-refractivity contribution >= 4 is 27.3 Å². The van der Waals surface area contributed by atoms with Crippen LogP contribution in [0.4, 0.5) is 5.69 Å². The van der Waals surface area contributed by atoms with E-state index in [0.717, 1.165) is 11.6 Å². The van der Waals surface area contributed by atoms with E-state index >= 15 is 0 Å². The Labute approximate surface area is 179 Å². The number of sulfonamides is 1. The number of nitrogens with zero attached hydrogens (tertiary/aromatic N) is 2. The Morgan fingerprint density at radius 1 is 1.27 bits per heavy atom. The molecule has 1 N–H and O–H groups in total. The highest BCUT2D eigenvalue weighted by Gasteiger charge is 2.28. The van der Waals surface area contributed by atoms with Crippen LogP contribution < -0.4 is 9.46 Å². The summed E-state index contributed by atoms with van der Waals surface area (Å²) in [5.74, 6) is 0.0266. The number of nitro groups is 1. The Morgan fingerprint density at radius 3 is 2.63 bits per heavy atom. The van der Waals surface area contributed by atoms with Crippen molar-refractivity contribution in [1.29, 1.82) is 0 Å². The molecule has 1 heterocycles. The van der Waals surface area contributed by atoms with Crippen molar-refractivity contribution in [3.05, 3.63) is 63.2 Å². The number of halogens is 1. The van der Waals surface area contributed by atoms with Gasteiger partial charge in [0.2, 0.25) is 10.0 Å². The molecule has 2 aromatic rings. The predicted molar refractivity (Wildman–Crippen MR) is 111 cm³/mol. The number of rotatable bonds is 8. The number of methoxy groups -OCH3 is 1. The van der Waals surface area contributed by atoms with E-state index in [4.69, 9.17) is 21.1 Å². The molecule has 162 valence electrons. The minimum atomic E-state index is -4.08. The lowest BCUT2D eigenvalue weighted by molar-refractivity contribution is -0.385. The minimum absolute atomic E-state index is 0.0266. The van der Waals surface area contributed by atoms with Crippen LogP contribution in [-0.4, -0.2) is 58.2 Å². The first-order valence-electron chi connectivity index (χ1n) is 9.21.